The van der Waals surface area contributed by atoms with E-state index in [4.69, 9.17) is 16.3 Å². The zero-order valence-corrected chi connectivity index (χ0v) is 28.3. The molecule has 2 amide bonds. The SMILES string of the molecule is CCc1c(N2CCN(C(=O)c3c[nH]n(C(C)C)c3=O)CC2)c(=O)n2nc(C3=CCOCC3)nc2n1CC(=O)Nc1ccc(C(F)(F)F)cc1Cl. The van der Waals surface area contributed by atoms with Crippen molar-refractivity contribution in [2.45, 2.75) is 52.4 Å². The van der Waals surface area contributed by atoms with Gasteiger partial charge in [-0.1, -0.05) is 24.6 Å². The number of carbonyl (C=O) groups is 2. The van der Waals surface area contributed by atoms with E-state index in [2.05, 4.69) is 20.5 Å². The van der Waals surface area contributed by atoms with Crippen LogP contribution >= 0.6 is 11.6 Å². The first-order valence-corrected chi connectivity index (χ1v) is 16.5. The fraction of sp³-hybridized carbons (Fsp3) is 0.438. The molecule has 2 aliphatic rings. The van der Waals surface area contributed by atoms with Crippen molar-refractivity contribution in [3.63, 3.8) is 0 Å². The second kappa shape index (κ2) is 13.8. The largest absolute Gasteiger partial charge is 0.416 e. The van der Waals surface area contributed by atoms with Crippen molar-refractivity contribution in [2.24, 2.45) is 0 Å². The second-order valence-electron chi connectivity index (χ2n) is 12.2. The molecule has 0 radical (unpaired) electrons. The molecule has 0 atom stereocenters. The minimum Gasteiger partial charge on any atom is -0.377 e. The van der Waals surface area contributed by atoms with Crippen LogP contribution in [0.25, 0.3) is 11.4 Å². The number of piperazine rings is 1. The van der Waals surface area contributed by atoms with Crippen LogP contribution in [0.2, 0.25) is 5.02 Å². The molecule has 5 heterocycles. The molecule has 6 rings (SSSR count). The van der Waals surface area contributed by atoms with E-state index in [0.29, 0.717) is 37.6 Å². The lowest BCUT2D eigenvalue weighted by molar-refractivity contribution is -0.137. The van der Waals surface area contributed by atoms with E-state index in [1.54, 1.807) is 9.47 Å². The highest BCUT2D eigenvalue weighted by Crippen LogP contribution is 2.34. The number of H-pyrrole nitrogens is 1. The molecule has 4 aromatic rings. The van der Waals surface area contributed by atoms with Crippen molar-refractivity contribution in [2.75, 3.05) is 49.6 Å². The standard InChI is InChI=1S/C32H35ClF3N9O5/c1-4-24-26(41-9-11-42(12-10-41)28(47)21-16-37-44(18(2)3)29(21)48)30(49)45-31(39-27(40-45)19-7-13-50-14-8-19)43(24)17-25(46)38-23-6-5-20(15-22(23)33)32(34,35)36/h5-7,15-16,18,37H,4,8-14,17H2,1-3H3,(H,38,46). The van der Waals surface area contributed by atoms with Crippen molar-refractivity contribution in [1.82, 2.24) is 33.8 Å². The monoisotopic (exact) mass is 717 g/mol. The highest BCUT2D eigenvalue weighted by molar-refractivity contribution is 6.33. The summed E-state index contributed by atoms with van der Waals surface area (Å²) in [5, 5.41) is 9.65. The average molecular weight is 718 g/mol. The summed E-state index contributed by atoms with van der Waals surface area (Å²) in [7, 11) is 0. The number of nitrogens with one attached hydrogen (secondary N) is 2. The van der Waals surface area contributed by atoms with Gasteiger partial charge in [0.25, 0.3) is 17.0 Å². The molecule has 0 saturated carbocycles. The van der Waals surface area contributed by atoms with Gasteiger partial charge in [-0.05, 0) is 50.5 Å². The van der Waals surface area contributed by atoms with Gasteiger partial charge in [-0.3, -0.25) is 23.9 Å². The maximum absolute atomic E-state index is 14.2. The molecule has 50 heavy (non-hydrogen) atoms. The van der Waals surface area contributed by atoms with E-state index < -0.39 is 34.7 Å². The van der Waals surface area contributed by atoms with E-state index in [1.807, 2.05) is 31.7 Å². The first-order valence-electron chi connectivity index (χ1n) is 16.1. The molecule has 1 aromatic carbocycles. The molecule has 2 N–H and O–H groups in total. The first kappa shape index (κ1) is 34.9. The molecule has 266 valence electrons. The van der Waals surface area contributed by atoms with Gasteiger partial charge in [-0.25, -0.2) is 0 Å². The van der Waals surface area contributed by atoms with Crippen molar-refractivity contribution in [3.05, 3.63) is 78.8 Å². The van der Waals surface area contributed by atoms with E-state index in [1.165, 1.54) is 10.9 Å². The van der Waals surface area contributed by atoms with Gasteiger partial charge in [-0.2, -0.15) is 22.7 Å². The zero-order valence-electron chi connectivity index (χ0n) is 27.5. The van der Waals surface area contributed by atoms with Gasteiger partial charge >= 0.3 is 6.18 Å². The summed E-state index contributed by atoms with van der Waals surface area (Å²) < 4.78 is 49.0. The zero-order chi connectivity index (χ0) is 35.9. The summed E-state index contributed by atoms with van der Waals surface area (Å²) in [5.74, 6) is -0.632. The van der Waals surface area contributed by atoms with Crippen LogP contribution in [0.3, 0.4) is 0 Å². The van der Waals surface area contributed by atoms with Crippen LogP contribution in [0.4, 0.5) is 24.5 Å². The Balaban J connectivity index is 1.34. The third kappa shape index (κ3) is 6.66. The molecule has 3 aromatic heterocycles. The predicted octanol–water partition coefficient (Wildman–Crippen LogP) is 3.60. The number of aromatic nitrogens is 6. The quantitative estimate of drug-likeness (QED) is 0.281. The predicted molar refractivity (Wildman–Crippen MR) is 179 cm³/mol. The topological polar surface area (TPSA) is 152 Å². The van der Waals surface area contributed by atoms with Gasteiger partial charge in [0.2, 0.25) is 11.7 Å². The Hall–Kier alpha value is -4.90. The van der Waals surface area contributed by atoms with Crippen LogP contribution in [0.15, 0.2) is 40.1 Å². The van der Waals surface area contributed by atoms with Crippen molar-refractivity contribution in [3.8, 4) is 0 Å². The van der Waals surface area contributed by atoms with Crippen molar-refractivity contribution in [1.29, 1.82) is 0 Å². The van der Waals surface area contributed by atoms with Crippen LogP contribution in [0.1, 0.15) is 60.7 Å². The number of alkyl halides is 3. The Bertz CT molecular complexity index is 2110. The minimum atomic E-state index is -4.61. The third-order valence-electron chi connectivity index (χ3n) is 8.71. The molecule has 18 heteroatoms. The van der Waals surface area contributed by atoms with Crippen LogP contribution in [0.5, 0.6) is 0 Å². The number of anilines is 2. The Morgan fingerprint density at radius 1 is 1.12 bits per heavy atom. The smallest absolute Gasteiger partial charge is 0.377 e. The summed E-state index contributed by atoms with van der Waals surface area (Å²) in [4.78, 5) is 61.7. The lowest BCUT2D eigenvalue weighted by Gasteiger charge is -2.36. The summed E-state index contributed by atoms with van der Waals surface area (Å²) in [6.07, 6.45) is -0.569. The van der Waals surface area contributed by atoms with E-state index in [9.17, 15) is 32.3 Å². The number of benzene rings is 1. The van der Waals surface area contributed by atoms with Gasteiger partial charge in [0.15, 0.2) is 5.82 Å². The fourth-order valence-corrected chi connectivity index (χ4v) is 6.37. The maximum Gasteiger partial charge on any atom is 0.416 e. The highest BCUT2D eigenvalue weighted by Gasteiger charge is 2.32. The van der Waals surface area contributed by atoms with Gasteiger partial charge < -0.3 is 29.5 Å². The van der Waals surface area contributed by atoms with E-state index in [0.717, 1.165) is 28.3 Å². The molecule has 0 unspecified atom stereocenters. The first-order chi connectivity index (χ1) is 23.8. The molecule has 2 aliphatic heterocycles. The summed E-state index contributed by atoms with van der Waals surface area (Å²) in [5.41, 5.74) is -0.293. The Kier molecular flexibility index (Phi) is 9.63. The summed E-state index contributed by atoms with van der Waals surface area (Å²) >= 11 is 6.11. The van der Waals surface area contributed by atoms with Crippen molar-refractivity contribution < 1.29 is 27.5 Å². The Morgan fingerprint density at radius 2 is 1.86 bits per heavy atom. The van der Waals surface area contributed by atoms with Crippen LogP contribution in [-0.2, 0) is 28.7 Å². The van der Waals surface area contributed by atoms with Crippen LogP contribution in [0, 0.1) is 0 Å². The van der Waals surface area contributed by atoms with E-state index >= 15 is 0 Å². The van der Waals surface area contributed by atoms with Crippen LogP contribution < -0.4 is 21.3 Å². The third-order valence-corrected chi connectivity index (χ3v) is 9.02. The maximum atomic E-state index is 14.2. The number of rotatable bonds is 8. The molecule has 0 bridgehead atoms. The highest BCUT2D eigenvalue weighted by atomic mass is 35.5. The number of hydrogen-bond acceptors (Lipinski definition) is 8. The summed E-state index contributed by atoms with van der Waals surface area (Å²) in [6.45, 7) is 6.84. The molecular weight excluding hydrogens is 683 g/mol. The number of hydrogen-bond donors (Lipinski definition) is 2. The van der Waals surface area contributed by atoms with Gasteiger partial charge in [0, 0.05) is 38.4 Å². The van der Waals surface area contributed by atoms with Gasteiger partial charge in [0.1, 0.15) is 17.8 Å². The van der Waals surface area contributed by atoms with Gasteiger partial charge in [0.05, 0.1) is 35.2 Å². The lowest BCUT2D eigenvalue weighted by atomic mass is 10.1. The number of fused-ring (bicyclic) bond motifs is 1. The average Bonchev–Trinajstić information content (AvgIpc) is 3.71. The molecule has 0 spiro atoms. The lowest BCUT2D eigenvalue weighted by Crippen LogP contribution is -2.51. The van der Waals surface area contributed by atoms with Gasteiger partial charge in [-0.15, -0.1) is 5.10 Å². The van der Waals surface area contributed by atoms with Crippen LogP contribution in [-0.4, -0.2) is 85.1 Å². The minimum absolute atomic E-state index is 0.0158. The second-order valence-corrected chi connectivity index (χ2v) is 12.6. The number of aromatic amines is 1. The fourth-order valence-electron chi connectivity index (χ4n) is 6.15. The van der Waals surface area contributed by atoms with E-state index in [-0.39, 0.29) is 66.5 Å². The molecule has 14 nitrogen and oxygen atoms in total. The normalized spacial score (nSPS) is 15.6. The number of amides is 2. The Labute approximate surface area is 288 Å². The number of carbonyl (C=O) groups excluding carboxylic acids is 2. The van der Waals surface area contributed by atoms with Crippen molar-refractivity contribution >= 4 is 46.1 Å². The summed E-state index contributed by atoms with van der Waals surface area (Å²) in [6, 6.07) is 2.48. The molecule has 1 fully saturated rings. The molecule has 1 saturated heterocycles. The number of ether oxygens (including phenoxy) is 1. The number of halogens is 4. The Morgan fingerprint density at radius 3 is 2.46 bits per heavy atom. The molecular formula is C32H35ClF3N9O5. The number of nitrogens with zero attached hydrogens (tertiary/aromatic N) is 7. The molecule has 0 aliphatic carbocycles.